The van der Waals surface area contributed by atoms with Gasteiger partial charge in [0, 0.05) is 29.8 Å². The molecule has 5 heteroatoms. The molecule has 126 valence electrons. The smallest absolute Gasteiger partial charge is 0.150 e. The van der Waals surface area contributed by atoms with Crippen molar-refractivity contribution in [3.05, 3.63) is 33.6 Å². The lowest BCUT2D eigenvalue weighted by Crippen LogP contribution is -2.17. The van der Waals surface area contributed by atoms with Gasteiger partial charge in [-0.05, 0) is 19.9 Å². The van der Waals surface area contributed by atoms with Crippen LogP contribution < -0.4 is 0 Å². The predicted octanol–water partition coefficient (Wildman–Crippen LogP) is 4.93. The Bertz CT molecular complexity index is 613. The van der Waals surface area contributed by atoms with Crippen molar-refractivity contribution in [2.45, 2.75) is 70.9 Å². The normalized spacial score (nSPS) is 16.6. The lowest BCUT2D eigenvalue weighted by Gasteiger charge is -2.18. The Morgan fingerprint density at radius 1 is 1.26 bits per heavy atom. The quantitative estimate of drug-likeness (QED) is 0.751. The van der Waals surface area contributed by atoms with Gasteiger partial charge in [-0.15, -0.1) is 11.3 Å². The highest BCUT2D eigenvalue weighted by Gasteiger charge is 2.19. The molecule has 23 heavy (non-hydrogen) atoms. The van der Waals surface area contributed by atoms with Crippen molar-refractivity contribution >= 4 is 11.3 Å². The van der Waals surface area contributed by atoms with Gasteiger partial charge >= 0.3 is 0 Å². The van der Waals surface area contributed by atoms with E-state index in [0.29, 0.717) is 11.8 Å². The SMILES string of the molecule is CC(C)c1nc(CN(C)Cc2cc(C3CCCCC3)no2)cs1. The van der Waals surface area contributed by atoms with Gasteiger partial charge in [-0.2, -0.15) is 0 Å². The highest BCUT2D eigenvalue weighted by molar-refractivity contribution is 7.09. The summed E-state index contributed by atoms with van der Waals surface area (Å²) in [5.41, 5.74) is 2.30. The second kappa shape index (κ2) is 7.58. The Hall–Kier alpha value is -1.20. The number of aromatic nitrogens is 2. The second-order valence-corrected chi connectivity index (χ2v) is 7.95. The maximum Gasteiger partial charge on any atom is 0.150 e. The van der Waals surface area contributed by atoms with Gasteiger partial charge < -0.3 is 4.52 Å². The first-order valence-electron chi connectivity index (χ1n) is 8.70. The van der Waals surface area contributed by atoms with Crippen molar-refractivity contribution in [2.75, 3.05) is 7.05 Å². The molecule has 1 aliphatic rings. The summed E-state index contributed by atoms with van der Waals surface area (Å²) in [6.07, 6.45) is 6.55. The topological polar surface area (TPSA) is 42.2 Å². The molecule has 0 radical (unpaired) electrons. The Labute approximate surface area is 142 Å². The third kappa shape index (κ3) is 4.42. The third-order valence-electron chi connectivity index (χ3n) is 4.52. The molecule has 0 aromatic carbocycles. The molecule has 4 nitrogen and oxygen atoms in total. The molecule has 2 aromatic heterocycles. The number of hydrogen-bond donors (Lipinski definition) is 0. The molecule has 0 bridgehead atoms. The summed E-state index contributed by atoms with van der Waals surface area (Å²) in [7, 11) is 2.11. The largest absolute Gasteiger partial charge is 0.360 e. The molecule has 1 aliphatic carbocycles. The van der Waals surface area contributed by atoms with E-state index in [-0.39, 0.29) is 0 Å². The Balaban J connectivity index is 1.54. The van der Waals surface area contributed by atoms with Gasteiger partial charge in [-0.25, -0.2) is 4.98 Å². The van der Waals surface area contributed by atoms with Crippen LogP contribution in [0.2, 0.25) is 0 Å². The standard InChI is InChI=1S/C18H27N3OS/c1-13(2)18-19-15(12-23-18)10-21(3)11-16-9-17(20-22-16)14-7-5-4-6-8-14/h9,12-14H,4-8,10-11H2,1-3H3. The average molecular weight is 334 g/mol. The highest BCUT2D eigenvalue weighted by Crippen LogP contribution is 2.32. The van der Waals surface area contributed by atoms with E-state index in [0.717, 1.165) is 30.2 Å². The van der Waals surface area contributed by atoms with Gasteiger partial charge in [0.2, 0.25) is 0 Å². The first kappa shape index (κ1) is 16.7. The molecule has 0 spiro atoms. The minimum Gasteiger partial charge on any atom is -0.360 e. The van der Waals surface area contributed by atoms with Crippen molar-refractivity contribution in [3.8, 4) is 0 Å². The van der Waals surface area contributed by atoms with Crippen LogP contribution >= 0.6 is 11.3 Å². The Morgan fingerprint density at radius 2 is 2.04 bits per heavy atom. The van der Waals surface area contributed by atoms with E-state index in [1.807, 2.05) is 0 Å². The van der Waals surface area contributed by atoms with Gasteiger partial charge in [0.1, 0.15) is 0 Å². The Kier molecular flexibility index (Phi) is 5.49. The van der Waals surface area contributed by atoms with Gasteiger partial charge in [0.25, 0.3) is 0 Å². The number of thiazole rings is 1. The van der Waals surface area contributed by atoms with Crippen molar-refractivity contribution in [2.24, 2.45) is 0 Å². The van der Waals surface area contributed by atoms with Crippen molar-refractivity contribution in [3.63, 3.8) is 0 Å². The fraction of sp³-hybridized carbons (Fsp3) is 0.667. The molecule has 0 saturated heterocycles. The molecule has 1 saturated carbocycles. The van der Waals surface area contributed by atoms with E-state index in [1.165, 1.54) is 37.1 Å². The summed E-state index contributed by atoms with van der Waals surface area (Å²) in [4.78, 5) is 6.94. The van der Waals surface area contributed by atoms with Gasteiger partial charge in [0.15, 0.2) is 5.76 Å². The van der Waals surface area contributed by atoms with Crippen LogP contribution in [-0.4, -0.2) is 22.1 Å². The van der Waals surface area contributed by atoms with Crippen LogP contribution in [0.3, 0.4) is 0 Å². The van der Waals surface area contributed by atoms with Gasteiger partial charge in [-0.1, -0.05) is 38.3 Å². The van der Waals surface area contributed by atoms with E-state index in [1.54, 1.807) is 11.3 Å². The molecule has 0 N–H and O–H groups in total. The van der Waals surface area contributed by atoms with E-state index >= 15 is 0 Å². The Morgan fingerprint density at radius 3 is 2.74 bits per heavy atom. The summed E-state index contributed by atoms with van der Waals surface area (Å²) in [6, 6.07) is 2.16. The molecule has 3 rings (SSSR count). The lowest BCUT2D eigenvalue weighted by molar-refractivity contribution is 0.262. The van der Waals surface area contributed by atoms with Crippen LogP contribution in [0.4, 0.5) is 0 Å². The maximum absolute atomic E-state index is 5.56. The third-order valence-corrected chi connectivity index (χ3v) is 5.72. The first-order valence-corrected chi connectivity index (χ1v) is 9.58. The number of nitrogens with zero attached hydrogens (tertiary/aromatic N) is 3. The highest BCUT2D eigenvalue weighted by atomic mass is 32.1. The van der Waals surface area contributed by atoms with Crippen molar-refractivity contribution in [1.82, 2.24) is 15.0 Å². The molecule has 0 unspecified atom stereocenters. The van der Waals surface area contributed by atoms with E-state index in [9.17, 15) is 0 Å². The lowest BCUT2D eigenvalue weighted by atomic mass is 9.87. The molecule has 0 amide bonds. The molecule has 2 heterocycles. The molecule has 0 atom stereocenters. The van der Waals surface area contributed by atoms with Crippen LogP contribution in [0.1, 0.15) is 79.9 Å². The number of rotatable bonds is 6. The first-order chi connectivity index (χ1) is 11.1. The van der Waals surface area contributed by atoms with Crippen LogP contribution in [-0.2, 0) is 13.1 Å². The molecular formula is C18H27N3OS. The molecule has 0 aliphatic heterocycles. The zero-order valence-electron chi connectivity index (χ0n) is 14.4. The van der Waals surface area contributed by atoms with E-state index < -0.39 is 0 Å². The summed E-state index contributed by atoms with van der Waals surface area (Å²) in [6.45, 7) is 6.01. The zero-order valence-corrected chi connectivity index (χ0v) is 15.2. The van der Waals surface area contributed by atoms with Crippen LogP contribution in [0, 0.1) is 0 Å². The van der Waals surface area contributed by atoms with Gasteiger partial charge in [-0.3, -0.25) is 4.90 Å². The fourth-order valence-corrected chi connectivity index (χ4v) is 4.08. The molecule has 2 aromatic rings. The summed E-state index contributed by atoms with van der Waals surface area (Å²) in [5, 5.41) is 7.69. The zero-order chi connectivity index (χ0) is 16.2. The maximum atomic E-state index is 5.56. The second-order valence-electron chi connectivity index (χ2n) is 7.06. The summed E-state index contributed by atoms with van der Waals surface area (Å²) < 4.78 is 5.56. The predicted molar refractivity (Wildman–Crippen MR) is 93.7 cm³/mol. The average Bonchev–Trinajstić information content (AvgIpc) is 3.18. The number of hydrogen-bond acceptors (Lipinski definition) is 5. The minimum atomic E-state index is 0.506. The van der Waals surface area contributed by atoms with Crippen LogP contribution in [0.25, 0.3) is 0 Å². The molecular weight excluding hydrogens is 306 g/mol. The fourth-order valence-electron chi connectivity index (χ4n) is 3.25. The van der Waals surface area contributed by atoms with E-state index in [4.69, 9.17) is 9.51 Å². The minimum absolute atomic E-state index is 0.506. The van der Waals surface area contributed by atoms with Gasteiger partial charge in [0.05, 0.1) is 22.9 Å². The summed E-state index contributed by atoms with van der Waals surface area (Å²) >= 11 is 1.76. The monoisotopic (exact) mass is 333 g/mol. The van der Waals surface area contributed by atoms with E-state index in [2.05, 4.69) is 42.4 Å². The summed E-state index contributed by atoms with van der Waals surface area (Å²) in [5.74, 6) is 2.08. The van der Waals surface area contributed by atoms with Crippen LogP contribution in [0.15, 0.2) is 16.0 Å². The van der Waals surface area contributed by atoms with Crippen molar-refractivity contribution < 1.29 is 4.52 Å². The van der Waals surface area contributed by atoms with Crippen LogP contribution in [0.5, 0.6) is 0 Å². The van der Waals surface area contributed by atoms with Crippen molar-refractivity contribution in [1.29, 1.82) is 0 Å². The molecule has 1 fully saturated rings.